The Balaban J connectivity index is 2.01. The highest BCUT2D eigenvalue weighted by Gasteiger charge is 2.50. The third-order valence-corrected chi connectivity index (χ3v) is 7.40. The molecule has 1 fully saturated rings. The van der Waals surface area contributed by atoms with Crippen molar-refractivity contribution in [1.82, 2.24) is 9.62 Å². The predicted octanol–water partition coefficient (Wildman–Crippen LogP) is 2.60. The molecular formula is C16H18F2IN3O3S. The monoisotopic (exact) mass is 497 g/mol. The molecule has 1 atom stereocenters. The number of benzene rings is 1. The van der Waals surface area contributed by atoms with E-state index in [1.54, 1.807) is 13.0 Å². The fraction of sp³-hybridized carbons (Fsp3) is 0.375. The predicted molar refractivity (Wildman–Crippen MR) is 102 cm³/mol. The SMILES string of the molecule is CN1C(Nc2ccc(I)cc2F)=C(NS(=O)(=O)C2(C)CC2)C=C(F)C1O. The Morgan fingerprint density at radius 3 is 2.58 bits per heavy atom. The van der Waals surface area contributed by atoms with Gasteiger partial charge in [-0.15, -0.1) is 0 Å². The first-order valence-corrected chi connectivity index (χ1v) is 10.4. The van der Waals surface area contributed by atoms with Crippen LogP contribution in [0.25, 0.3) is 0 Å². The van der Waals surface area contributed by atoms with E-state index in [2.05, 4.69) is 10.0 Å². The van der Waals surface area contributed by atoms with Gasteiger partial charge >= 0.3 is 0 Å². The maximum Gasteiger partial charge on any atom is 0.238 e. The number of halogens is 3. The van der Waals surface area contributed by atoms with E-state index in [-0.39, 0.29) is 17.2 Å². The summed E-state index contributed by atoms with van der Waals surface area (Å²) in [6.45, 7) is 1.60. The summed E-state index contributed by atoms with van der Waals surface area (Å²) in [7, 11) is -2.38. The van der Waals surface area contributed by atoms with Crippen LogP contribution in [0.5, 0.6) is 0 Å². The van der Waals surface area contributed by atoms with Crippen molar-refractivity contribution in [2.24, 2.45) is 0 Å². The van der Waals surface area contributed by atoms with Crippen LogP contribution in [0.2, 0.25) is 0 Å². The Morgan fingerprint density at radius 1 is 1.35 bits per heavy atom. The number of anilines is 1. The van der Waals surface area contributed by atoms with Crippen LogP contribution < -0.4 is 10.0 Å². The van der Waals surface area contributed by atoms with Crippen molar-refractivity contribution in [3.8, 4) is 0 Å². The minimum atomic E-state index is -3.75. The second-order valence-corrected chi connectivity index (χ2v) is 10.0. The number of sulfonamides is 1. The second kappa shape index (κ2) is 6.64. The number of hydrogen-bond donors (Lipinski definition) is 3. The third kappa shape index (κ3) is 3.54. The number of aliphatic hydroxyl groups is 1. The van der Waals surface area contributed by atoms with Crippen LogP contribution in [0.1, 0.15) is 19.8 Å². The molecule has 0 saturated heterocycles. The largest absolute Gasteiger partial charge is 0.367 e. The minimum Gasteiger partial charge on any atom is -0.367 e. The zero-order valence-corrected chi connectivity index (χ0v) is 17.0. The highest BCUT2D eigenvalue weighted by atomic mass is 127. The van der Waals surface area contributed by atoms with Crippen molar-refractivity contribution in [2.45, 2.75) is 30.7 Å². The smallest absolute Gasteiger partial charge is 0.238 e. The number of rotatable bonds is 5. The molecule has 1 aromatic carbocycles. The average molecular weight is 497 g/mol. The summed E-state index contributed by atoms with van der Waals surface area (Å²) in [4.78, 5) is 1.10. The number of allylic oxidation sites excluding steroid dienone is 1. The fourth-order valence-corrected chi connectivity index (χ4v) is 4.23. The lowest BCUT2D eigenvalue weighted by Gasteiger charge is -2.33. The van der Waals surface area contributed by atoms with E-state index in [1.807, 2.05) is 22.6 Å². The molecule has 142 valence electrons. The van der Waals surface area contributed by atoms with Crippen molar-refractivity contribution in [2.75, 3.05) is 12.4 Å². The summed E-state index contributed by atoms with van der Waals surface area (Å²) in [5, 5.41) is 12.7. The highest BCUT2D eigenvalue weighted by Crippen LogP contribution is 2.43. The number of nitrogens with zero attached hydrogens (tertiary/aromatic N) is 1. The summed E-state index contributed by atoms with van der Waals surface area (Å²) in [6, 6.07) is 4.44. The molecule has 6 nitrogen and oxygen atoms in total. The number of nitrogens with one attached hydrogen (secondary N) is 2. The normalized spacial score (nSPS) is 22.2. The van der Waals surface area contributed by atoms with Crippen molar-refractivity contribution in [1.29, 1.82) is 0 Å². The first kappa shape index (κ1) is 19.4. The van der Waals surface area contributed by atoms with Crippen molar-refractivity contribution in [3.63, 3.8) is 0 Å². The topological polar surface area (TPSA) is 81.7 Å². The molecule has 10 heteroatoms. The van der Waals surface area contributed by atoms with Gasteiger partial charge in [-0.1, -0.05) is 0 Å². The Bertz CT molecular complexity index is 913. The van der Waals surface area contributed by atoms with Crippen LogP contribution in [0.3, 0.4) is 0 Å². The third-order valence-electron chi connectivity index (χ3n) is 4.53. The molecule has 3 rings (SSSR count). The van der Waals surface area contributed by atoms with Gasteiger partial charge in [0.25, 0.3) is 0 Å². The molecule has 1 aliphatic heterocycles. The molecule has 1 unspecified atom stereocenters. The van der Waals surface area contributed by atoms with E-state index < -0.39 is 32.6 Å². The summed E-state index contributed by atoms with van der Waals surface area (Å²) in [6.07, 6.45) is 0.318. The van der Waals surface area contributed by atoms with Crippen LogP contribution in [0.15, 0.2) is 41.6 Å². The Kier molecular flexibility index (Phi) is 4.95. The molecule has 2 aliphatic rings. The second-order valence-electron chi connectivity index (χ2n) is 6.58. The van der Waals surface area contributed by atoms with Crippen LogP contribution in [0.4, 0.5) is 14.5 Å². The van der Waals surface area contributed by atoms with E-state index >= 15 is 0 Å². The van der Waals surface area contributed by atoms with Crippen molar-refractivity contribution in [3.05, 3.63) is 51.0 Å². The number of hydrogen-bond acceptors (Lipinski definition) is 5. The van der Waals surface area contributed by atoms with Crippen LogP contribution >= 0.6 is 22.6 Å². The molecule has 1 aromatic rings. The van der Waals surface area contributed by atoms with Gasteiger partial charge < -0.3 is 15.3 Å². The zero-order valence-electron chi connectivity index (χ0n) is 14.1. The van der Waals surface area contributed by atoms with E-state index in [9.17, 15) is 22.3 Å². The van der Waals surface area contributed by atoms with E-state index in [1.165, 1.54) is 19.2 Å². The van der Waals surface area contributed by atoms with E-state index in [0.717, 1.165) is 11.0 Å². The summed E-state index contributed by atoms with van der Waals surface area (Å²) < 4.78 is 55.3. The van der Waals surface area contributed by atoms with Crippen LogP contribution in [-0.2, 0) is 10.0 Å². The summed E-state index contributed by atoms with van der Waals surface area (Å²) in [5.41, 5.74) is -0.0223. The van der Waals surface area contributed by atoms with Gasteiger partial charge in [-0.3, -0.25) is 4.72 Å². The molecule has 0 aromatic heterocycles. The maximum absolute atomic E-state index is 14.2. The van der Waals surface area contributed by atoms with Gasteiger partial charge in [-0.25, -0.2) is 17.2 Å². The van der Waals surface area contributed by atoms with E-state index in [4.69, 9.17) is 0 Å². The number of aliphatic hydroxyl groups excluding tert-OH is 1. The zero-order chi connectivity index (χ0) is 19.3. The standard InChI is InChI=1S/C16H18F2IN3O3S/c1-16(5-6-16)26(24,25)21-13-8-11(18)15(23)22(2)14(13)20-12-4-3-9(19)7-10(12)17/h3-4,7-8,15,20-21,23H,5-6H2,1-2H3. The average Bonchev–Trinajstić information content (AvgIpc) is 3.30. The lowest BCUT2D eigenvalue weighted by molar-refractivity contribution is 0.0552. The quantitative estimate of drug-likeness (QED) is 0.546. The van der Waals surface area contributed by atoms with Gasteiger partial charge in [0.1, 0.15) is 11.6 Å². The minimum absolute atomic E-state index is 0.0480. The Labute approximate surface area is 164 Å². The molecule has 1 saturated carbocycles. The van der Waals surface area contributed by atoms with Gasteiger partial charge in [-0.2, -0.15) is 0 Å². The van der Waals surface area contributed by atoms with Gasteiger partial charge in [0.2, 0.25) is 10.0 Å². The lowest BCUT2D eigenvalue weighted by Crippen LogP contribution is -2.42. The Hall–Kier alpha value is -1.40. The van der Waals surface area contributed by atoms with E-state index in [0.29, 0.717) is 16.4 Å². The molecule has 1 aliphatic carbocycles. The van der Waals surface area contributed by atoms with Crippen LogP contribution in [-0.4, -0.2) is 36.4 Å². The molecule has 0 amide bonds. The molecule has 0 bridgehead atoms. The molecule has 26 heavy (non-hydrogen) atoms. The molecule has 1 heterocycles. The first-order valence-electron chi connectivity index (χ1n) is 7.81. The molecule has 0 radical (unpaired) electrons. The van der Waals surface area contributed by atoms with Crippen molar-refractivity contribution < 1.29 is 22.3 Å². The maximum atomic E-state index is 14.2. The first-order chi connectivity index (χ1) is 12.0. The Morgan fingerprint density at radius 2 is 2.00 bits per heavy atom. The van der Waals surface area contributed by atoms with Gasteiger partial charge in [0, 0.05) is 16.7 Å². The highest BCUT2D eigenvalue weighted by molar-refractivity contribution is 14.1. The summed E-state index contributed by atoms with van der Waals surface area (Å²) >= 11 is 1.96. The molecule has 0 spiro atoms. The molecule has 3 N–H and O–H groups in total. The van der Waals surface area contributed by atoms with Crippen LogP contribution in [0, 0.1) is 9.39 Å². The van der Waals surface area contributed by atoms with Gasteiger partial charge in [0.05, 0.1) is 16.1 Å². The fourth-order valence-electron chi connectivity index (χ4n) is 2.44. The van der Waals surface area contributed by atoms with Crippen molar-refractivity contribution >= 4 is 38.3 Å². The lowest BCUT2D eigenvalue weighted by atomic mass is 10.2. The van der Waals surface area contributed by atoms with Gasteiger partial charge in [-0.05, 0) is 60.6 Å². The number of likely N-dealkylation sites (N-methyl/N-ethyl adjacent to an activating group) is 1. The molecular weight excluding hydrogens is 479 g/mol. The van der Waals surface area contributed by atoms with Gasteiger partial charge in [0.15, 0.2) is 12.1 Å². The summed E-state index contributed by atoms with van der Waals surface area (Å²) in [5.74, 6) is -1.43.